The molecule has 5 rings (SSSR count). The van der Waals surface area contributed by atoms with Gasteiger partial charge in [-0.15, -0.1) is 6.42 Å². The van der Waals surface area contributed by atoms with E-state index in [0.29, 0.717) is 12.8 Å². The predicted octanol–water partition coefficient (Wildman–Crippen LogP) is 18.6. The van der Waals surface area contributed by atoms with Gasteiger partial charge in [0.25, 0.3) is 0 Å². The van der Waals surface area contributed by atoms with Crippen LogP contribution in [0.4, 0.5) is 10.2 Å². The molecule has 0 spiro atoms. The maximum Gasteiger partial charge on any atom is 0.459 e. The third-order valence-electron chi connectivity index (χ3n) is 16.6. The molecule has 0 radical (unpaired) electrons. The highest BCUT2D eigenvalue weighted by Crippen LogP contribution is 2.49. The van der Waals surface area contributed by atoms with Crippen molar-refractivity contribution in [1.29, 1.82) is 0 Å². The SMILES string of the molecule is C#C[C@]1(COP(=O)(N[C@@H](Cc2ccccc2)C(=O)OCCCCCCCCCCCCCCCCCCCCCC)Oc2ccccc2)O[C@@H](n2cnc3c(N)nc(F)nc32)C[C@@H]1OC(=O)CCCCCCCCCCCCCCCCCCC. The lowest BCUT2D eigenvalue weighted by molar-refractivity contribution is -0.158. The summed E-state index contributed by atoms with van der Waals surface area (Å²) in [6.07, 6.45) is 50.8. The van der Waals surface area contributed by atoms with Gasteiger partial charge in [0.2, 0.25) is 0 Å². The standard InChI is InChI=1S/C69H108FN6O8P/c1-4-7-9-11-13-15-17-19-21-23-24-25-27-29-31-33-35-37-39-47-53-80-67(78)60(54-58-48-42-40-43-49-58)75-85(79,84-59-50-44-41-45-51-59)81-56-69(6-3)61(55-62(83-69)76-57-72-64-65(71)73-68(70)74-66(64)76)82-63(77)52-46-38-36-34-32-30-28-26-22-20-18-16-14-12-10-8-5-2/h3,40-45,48-51,57,60-62H,4-5,7-39,46-47,52-56H2,1-2H3,(H,75,79)(H2,71,73,74)/t60-,61-,62+,69+,85?/m0/s1. The average molecular weight is 1200 g/mol. The van der Waals surface area contributed by atoms with Crippen molar-refractivity contribution in [2.75, 3.05) is 18.9 Å². The first-order valence-electron chi connectivity index (χ1n) is 33.6. The summed E-state index contributed by atoms with van der Waals surface area (Å²) in [5, 5.41) is 2.93. The number of benzene rings is 2. The molecule has 1 saturated heterocycles. The number of rotatable bonds is 51. The first-order chi connectivity index (χ1) is 41.6. The third kappa shape index (κ3) is 28.2. The van der Waals surface area contributed by atoms with Crippen LogP contribution in [-0.2, 0) is 39.3 Å². The number of imidazole rings is 1. The first kappa shape index (κ1) is 70.9. The van der Waals surface area contributed by atoms with Crippen molar-refractivity contribution >= 4 is 36.7 Å². The summed E-state index contributed by atoms with van der Waals surface area (Å²) in [6, 6.07) is 16.6. The highest BCUT2D eigenvalue weighted by molar-refractivity contribution is 7.52. The Morgan fingerprint density at radius 1 is 0.694 bits per heavy atom. The lowest BCUT2D eigenvalue weighted by Gasteiger charge is -2.31. The highest BCUT2D eigenvalue weighted by Gasteiger charge is 2.53. The van der Waals surface area contributed by atoms with E-state index in [1.165, 1.54) is 197 Å². The number of nitrogen functional groups attached to an aromatic ring is 1. The van der Waals surface area contributed by atoms with E-state index in [2.05, 4.69) is 39.8 Å². The zero-order valence-electron chi connectivity index (χ0n) is 52.3. The molecule has 0 saturated carbocycles. The molecule has 1 aliphatic heterocycles. The largest absolute Gasteiger partial charge is 0.465 e. The van der Waals surface area contributed by atoms with Gasteiger partial charge in [0.15, 0.2) is 22.6 Å². The second kappa shape index (κ2) is 42.9. The molecule has 0 aliphatic carbocycles. The van der Waals surface area contributed by atoms with Crippen LogP contribution in [0.15, 0.2) is 67.0 Å². The number of unbranched alkanes of at least 4 members (excludes halogenated alkanes) is 35. The van der Waals surface area contributed by atoms with Gasteiger partial charge in [-0.3, -0.25) is 18.7 Å². The molecule has 474 valence electrons. The van der Waals surface area contributed by atoms with Gasteiger partial charge in [-0.2, -0.15) is 19.4 Å². The zero-order chi connectivity index (χ0) is 60.5. The van der Waals surface area contributed by atoms with E-state index in [-0.39, 0.29) is 48.6 Å². The summed E-state index contributed by atoms with van der Waals surface area (Å²) in [5.74, 6) is 1.58. The second-order valence-corrected chi connectivity index (χ2v) is 25.6. The summed E-state index contributed by atoms with van der Waals surface area (Å²) in [5.41, 5.74) is 5.11. The molecule has 5 atom stereocenters. The van der Waals surface area contributed by atoms with E-state index in [9.17, 15) is 14.0 Å². The lowest BCUT2D eigenvalue weighted by Crippen LogP contribution is -2.46. The number of hydrogen-bond acceptors (Lipinski definition) is 12. The van der Waals surface area contributed by atoms with Gasteiger partial charge >= 0.3 is 25.8 Å². The third-order valence-corrected chi connectivity index (χ3v) is 18.1. The number of nitrogens with zero attached hydrogens (tertiary/aromatic N) is 4. The van der Waals surface area contributed by atoms with Crippen molar-refractivity contribution in [2.24, 2.45) is 0 Å². The van der Waals surface area contributed by atoms with Gasteiger partial charge in [0, 0.05) is 12.8 Å². The van der Waals surface area contributed by atoms with Gasteiger partial charge in [-0.05, 0) is 37.0 Å². The number of esters is 2. The number of nitrogens with two attached hydrogens (primary N) is 1. The predicted molar refractivity (Wildman–Crippen MR) is 341 cm³/mol. The number of ether oxygens (including phenoxy) is 3. The van der Waals surface area contributed by atoms with E-state index in [1.807, 2.05) is 30.3 Å². The van der Waals surface area contributed by atoms with Crippen LogP contribution in [0.5, 0.6) is 5.75 Å². The number of carbonyl (C=O) groups is 2. The number of aromatic nitrogens is 4. The van der Waals surface area contributed by atoms with Crippen LogP contribution in [0.3, 0.4) is 0 Å². The molecule has 14 nitrogen and oxygen atoms in total. The molecule has 2 aromatic carbocycles. The molecular formula is C69H108FN6O8P. The van der Waals surface area contributed by atoms with Crippen molar-refractivity contribution in [3.8, 4) is 18.1 Å². The molecule has 16 heteroatoms. The summed E-state index contributed by atoms with van der Waals surface area (Å²) >= 11 is 0. The molecule has 1 unspecified atom stereocenters. The van der Waals surface area contributed by atoms with E-state index < -0.39 is 56.3 Å². The van der Waals surface area contributed by atoms with Crippen molar-refractivity contribution < 1.29 is 41.8 Å². The van der Waals surface area contributed by atoms with Gasteiger partial charge in [-0.1, -0.05) is 293 Å². The zero-order valence-corrected chi connectivity index (χ0v) is 53.2. The number of carbonyl (C=O) groups excluding carboxylic acids is 2. The topological polar surface area (TPSA) is 179 Å². The van der Waals surface area contributed by atoms with Gasteiger partial charge < -0.3 is 24.5 Å². The Kier molecular flexibility index (Phi) is 35.8. The number of anilines is 1. The van der Waals surface area contributed by atoms with Crippen LogP contribution < -0.4 is 15.3 Å². The minimum absolute atomic E-state index is 0.0327. The van der Waals surface area contributed by atoms with E-state index >= 15 is 4.57 Å². The number of halogens is 1. The smallest absolute Gasteiger partial charge is 0.459 e. The quantitative estimate of drug-likeness (QED) is 0.0140. The number of fused-ring (bicyclic) bond motifs is 1. The van der Waals surface area contributed by atoms with Crippen LogP contribution >= 0.6 is 7.75 Å². The first-order valence-corrected chi connectivity index (χ1v) is 35.1. The lowest BCUT2D eigenvalue weighted by atomic mass is 9.98. The normalized spacial score (nSPS) is 17.0. The minimum Gasteiger partial charge on any atom is -0.465 e. The molecular weight excluding hydrogens is 1090 g/mol. The van der Waals surface area contributed by atoms with Crippen LogP contribution in [0.2, 0.25) is 0 Å². The van der Waals surface area contributed by atoms with Gasteiger partial charge in [0.05, 0.1) is 12.9 Å². The summed E-state index contributed by atoms with van der Waals surface area (Å²) in [7, 11) is -4.59. The van der Waals surface area contributed by atoms with Crippen LogP contribution in [-0.4, -0.2) is 62.4 Å². The second-order valence-electron chi connectivity index (χ2n) is 23.9. The maximum atomic E-state index is 15.4. The van der Waals surface area contributed by atoms with Crippen molar-refractivity contribution in [3.05, 3.63) is 78.6 Å². The van der Waals surface area contributed by atoms with Crippen LogP contribution in [0.25, 0.3) is 11.2 Å². The maximum absolute atomic E-state index is 15.4. The molecule has 0 bridgehead atoms. The number of hydrogen-bond donors (Lipinski definition) is 2. The summed E-state index contributed by atoms with van der Waals surface area (Å²) in [6.45, 7) is 4.11. The molecule has 3 N–H and O–H groups in total. The van der Waals surface area contributed by atoms with Crippen molar-refractivity contribution in [2.45, 2.75) is 295 Å². The number of nitrogens with one attached hydrogen (secondary N) is 1. The minimum atomic E-state index is -4.59. The Balaban J connectivity index is 1.14. The average Bonchev–Trinajstić information content (AvgIpc) is 4.29. The van der Waals surface area contributed by atoms with E-state index in [1.54, 1.807) is 30.3 Å². The number of terminal acetylenes is 1. The Morgan fingerprint density at radius 3 is 1.64 bits per heavy atom. The van der Waals surface area contributed by atoms with E-state index in [4.69, 9.17) is 35.4 Å². The van der Waals surface area contributed by atoms with Gasteiger partial charge in [0.1, 0.15) is 30.7 Å². The molecule has 3 heterocycles. The highest BCUT2D eigenvalue weighted by atomic mass is 31.2. The molecule has 2 aromatic heterocycles. The molecule has 4 aromatic rings. The Hall–Kier alpha value is -4.87. The number of para-hydroxylation sites is 1. The molecule has 1 fully saturated rings. The summed E-state index contributed by atoms with van der Waals surface area (Å²) < 4.78 is 62.6. The Morgan fingerprint density at radius 2 is 1.15 bits per heavy atom. The Bertz CT molecular complexity index is 2500. The monoisotopic (exact) mass is 1200 g/mol. The Labute approximate surface area is 511 Å². The van der Waals surface area contributed by atoms with Crippen LogP contribution in [0, 0.1) is 18.4 Å². The van der Waals surface area contributed by atoms with Crippen molar-refractivity contribution in [1.82, 2.24) is 24.6 Å². The van der Waals surface area contributed by atoms with Crippen LogP contribution in [0.1, 0.15) is 276 Å². The van der Waals surface area contributed by atoms with Crippen molar-refractivity contribution in [3.63, 3.8) is 0 Å². The van der Waals surface area contributed by atoms with E-state index in [0.717, 1.165) is 44.1 Å². The fraction of sp³-hybridized carbons (Fsp3) is 0.696. The summed E-state index contributed by atoms with van der Waals surface area (Å²) in [4.78, 5) is 39.8. The fourth-order valence-corrected chi connectivity index (χ4v) is 12.9. The molecule has 0 amide bonds. The molecule has 1 aliphatic rings. The molecule has 85 heavy (non-hydrogen) atoms. The van der Waals surface area contributed by atoms with Gasteiger partial charge in [-0.25, -0.2) is 9.55 Å². The fourth-order valence-electron chi connectivity index (χ4n) is 11.4.